The van der Waals surface area contributed by atoms with Crippen LogP contribution in [0.5, 0.6) is 5.75 Å². The van der Waals surface area contributed by atoms with E-state index >= 15 is 0 Å². The molecule has 4 rings (SSSR count). The lowest BCUT2D eigenvalue weighted by Crippen LogP contribution is -2.16. The Morgan fingerprint density at radius 3 is 2.57 bits per heavy atom. The molecule has 0 aliphatic carbocycles. The van der Waals surface area contributed by atoms with Gasteiger partial charge in [0.25, 0.3) is 5.91 Å². The summed E-state index contributed by atoms with van der Waals surface area (Å²) in [7, 11) is 1.62. The Morgan fingerprint density at radius 1 is 1.00 bits per heavy atom. The summed E-state index contributed by atoms with van der Waals surface area (Å²) in [6.07, 6.45) is 3.04. The first kappa shape index (κ1) is 17.3. The summed E-state index contributed by atoms with van der Waals surface area (Å²) in [5.74, 6) is 0.784. The largest absolute Gasteiger partial charge is 0.496 e. The van der Waals surface area contributed by atoms with E-state index in [2.05, 4.69) is 25.3 Å². The number of ether oxygens (including phenoxy) is 1. The third-order valence-corrected chi connectivity index (χ3v) is 4.15. The van der Waals surface area contributed by atoms with Crippen LogP contribution in [0, 0.1) is 0 Å². The first-order valence-electron chi connectivity index (χ1n) is 8.45. The Hall–Kier alpha value is -4.07. The summed E-state index contributed by atoms with van der Waals surface area (Å²) < 4.78 is 5.43. The molecule has 0 spiro atoms. The van der Waals surface area contributed by atoms with Crippen molar-refractivity contribution in [3.63, 3.8) is 0 Å². The minimum atomic E-state index is -0.385. The van der Waals surface area contributed by atoms with Crippen molar-refractivity contribution >= 4 is 28.6 Å². The quantitative estimate of drug-likeness (QED) is 0.566. The van der Waals surface area contributed by atoms with Gasteiger partial charge in [-0.05, 0) is 29.7 Å². The first-order chi connectivity index (χ1) is 13.7. The van der Waals surface area contributed by atoms with E-state index in [4.69, 9.17) is 10.5 Å². The maximum Gasteiger partial charge on any atom is 0.259 e. The van der Waals surface area contributed by atoms with Crippen LogP contribution < -0.4 is 15.8 Å². The van der Waals surface area contributed by atoms with Crippen molar-refractivity contribution in [2.45, 2.75) is 0 Å². The molecule has 3 N–H and O–H groups in total. The van der Waals surface area contributed by atoms with E-state index in [-0.39, 0.29) is 17.8 Å². The lowest BCUT2D eigenvalue weighted by atomic mass is 10.0. The number of aromatic nitrogens is 4. The molecule has 2 aromatic carbocycles. The molecule has 0 bridgehead atoms. The van der Waals surface area contributed by atoms with Crippen molar-refractivity contribution in [2.24, 2.45) is 0 Å². The fourth-order valence-electron chi connectivity index (χ4n) is 2.88. The average Bonchev–Trinajstić information content (AvgIpc) is 2.73. The molecule has 138 valence electrons. The van der Waals surface area contributed by atoms with Crippen molar-refractivity contribution in [3.8, 4) is 17.1 Å². The number of pyridine rings is 1. The third kappa shape index (κ3) is 3.30. The van der Waals surface area contributed by atoms with Crippen LogP contribution in [0.25, 0.3) is 22.2 Å². The number of rotatable bonds is 4. The number of nitrogens with two attached hydrogens (primary N) is 1. The number of methoxy groups -OCH3 is 1. The Balaban J connectivity index is 1.76. The van der Waals surface area contributed by atoms with Gasteiger partial charge in [0.2, 0.25) is 11.9 Å². The minimum Gasteiger partial charge on any atom is -0.496 e. The predicted octanol–water partition coefficient (Wildman–Crippen LogP) is 2.93. The van der Waals surface area contributed by atoms with Crippen LogP contribution in [-0.4, -0.2) is 33.0 Å². The van der Waals surface area contributed by atoms with Gasteiger partial charge in [-0.2, -0.15) is 15.0 Å². The van der Waals surface area contributed by atoms with Crippen LogP contribution in [0.4, 0.5) is 11.9 Å². The Bertz CT molecular complexity index is 1160. The van der Waals surface area contributed by atoms with Gasteiger partial charge in [0.05, 0.1) is 12.7 Å². The van der Waals surface area contributed by atoms with Crippen LogP contribution >= 0.6 is 0 Å². The van der Waals surface area contributed by atoms with Crippen LogP contribution in [0.3, 0.4) is 0 Å². The number of carbonyl (C=O) groups excluding carboxylic acids is 1. The molecule has 2 aromatic heterocycles. The molecule has 8 nitrogen and oxygen atoms in total. The van der Waals surface area contributed by atoms with Crippen LogP contribution in [0.15, 0.2) is 60.9 Å². The minimum absolute atomic E-state index is 0.00591. The van der Waals surface area contributed by atoms with Gasteiger partial charge in [-0.15, -0.1) is 0 Å². The van der Waals surface area contributed by atoms with Gasteiger partial charge >= 0.3 is 0 Å². The standard InChI is InChI=1S/C20H16N6O2/c1-28-16-9-8-15(13-6-2-3-7-14(13)16)17-23-19(21)26-20(24-17)25-18(27)12-5-4-10-22-11-12/h2-11H,1H3,(H3,21,23,24,25,26,27). The van der Waals surface area contributed by atoms with E-state index in [1.165, 1.54) is 6.20 Å². The third-order valence-electron chi connectivity index (χ3n) is 4.15. The summed E-state index contributed by atoms with van der Waals surface area (Å²) in [6, 6.07) is 14.7. The lowest BCUT2D eigenvalue weighted by Gasteiger charge is -2.11. The molecule has 0 saturated carbocycles. The van der Waals surface area contributed by atoms with Crippen LogP contribution in [0.1, 0.15) is 10.4 Å². The van der Waals surface area contributed by atoms with Crippen molar-refractivity contribution < 1.29 is 9.53 Å². The average molecular weight is 372 g/mol. The summed E-state index contributed by atoms with van der Waals surface area (Å²) in [6.45, 7) is 0. The maximum absolute atomic E-state index is 12.4. The number of anilines is 2. The van der Waals surface area contributed by atoms with Gasteiger partial charge in [-0.1, -0.05) is 24.3 Å². The highest BCUT2D eigenvalue weighted by Gasteiger charge is 2.14. The van der Waals surface area contributed by atoms with Gasteiger partial charge < -0.3 is 10.5 Å². The predicted molar refractivity (Wildman–Crippen MR) is 106 cm³/mol. The van der Waals surface area contributed by atoms with Crippen molar-refractivity contribution in [2.75, 3.05) is 18.2 Å². The van der Waals surface area contributed by atoms with Crippen molar-refractivity contribution in [1.82, 2.24) is 19.9 Å². The topological polar surface area (TPSA) is 116 Å². The number of nitrogens with zero attached hydrogens (tertiary/aromatic N) is 4. The highest BCUT2D eigenvalue weighted by molar-refractivity contribution is 6.03. The summed E-state index contributed by atoms with van der Waals surface area (Å²) in [5.41, 5.74) is 7.00. The molecule has 0 atom stereocenters. The number of fused-ring (bicyclic) bond motifs is 1. The van der Waals surface area contributed by atoms with E-state index in [1.807, 2.05) is 36.4 Å². The molecular weight excluding hydrogens is 356 g/mol. The van der Waals surface area contributed by atoms with Gasteiger partial charge in [0, 0.05) is 23.3 Å². The zero-order valence-electron chi connectivity index (χ0n) is 15.0. The molecular formula is C20H16N6O2. The second-order valence-electron chi connectivity index (χ2n) is 5.90. The number of amides is 1. The molecule has 0 aliphatic heterocycles. The van der Waals surface area contributed by atoms with Gasteiger partial charge in [-0.25, -0.2) is 0 Å². The zero-order chi connectivity index (χ0) is 19.5. The number of benzene rings is 2. The number of nitrogens with one attached hydrogen (secondary N) is 1. The monoisotopic (exact) mass is 372 g/mol. The highest BCUT2D eigenvalue weighted by Crippen LogP contribution is 2.33. The summed E-state index contributed by atoms with van der Waals surface area (Å²) in [4.78, 5) is 28.9. The molecule has 0 fully saturated rings. The lowest BCUT2D eigenvalue weighted by molar-refractivity contribution is 0.102. The number of nitrogen functional groups attached to an aromatic ring is 1. The van der Waals surface area contributed by atoms with Crippen LogP contribution in [0.2, 0.25) is 0 Å². The van der Waals surface area contributed by atoms with E-state index in [9.17, 15) is 4.79 Å². The van der Waals surface area contributed by atoms with E-state index in [0.29, 0.717) is 11.4 Å². The Morgan fingerprint density at radius 2 is 1.82 bits per heavy atom. The van der Waals surface area contributed by atoms with E-state index in [0.717, 1.165) is 22.1 Å². The van der Waals surface area contributed by atoms with E-state index in [1.54, 1.807) is 25.4 Å². The molecule has 0 aliphatic rings. The second kappa shape index (κ2) is 7.28. The van der Waals surface area contributed by atoms with Crippen molar-refractivity contribution in [3.05, 3.63) is 66.5 Å². The molecule has 8 heteroatoms. The molecule has 1 amide bonds. The molecule has 0 radical (unpaired) electrons. The molecule has 2 heterocycles. The SMILES string of the molecule is COc1ccc(-c2nc(N)nc(NC(=O)c3cccnc3)n2)c2ccccc12. The highest BCUT2D eigenvalue weighted by atomic mass is 16.5. The molecule has 0 saturated heterocycles. The van der Waals surface area contributed by atoms with Gasteiger partial charge in [0.1, 0.15) is 5.75 Å². The van der Waals surface area contributed by atoms with Gasteiger partial charge in [0.15, 0.2) is 5.82 Å². The number of hydrogen-bond acceptors (Lipinski definition) is 7. The van der Waals surface area contributed by atoms with E-state index < -0.39 is 0 Å². The smallest absolute Gasteiger partial charge is 0.259 e. The maximum atomic E-state index is 12.4. The van der Waals surface area contributed by atoms with Crippen LogP contribution in [-0.2, 0) is 0 Å². The first-order valence-corrected chi connectivity index (χ1v) is 8.45. The molecule has 28 heavy (non-hydrogen) atoms. The zero-order valence-corrected chi connectivity index (χ0v) is 15.0. The van der Waals surface area contributed by atoms with Gasteiger partial charge in [-0.3, -0.25) is 15.1 Å². The number of carbonyl (C=O) groups is 1. The normalized spacial score (nSPS) is 10.6. The number of hydrogen-bond donors (Lipinski definition) is 2. The summed E-state index contributed by atoms with van der Waals surface area (Å²) in [5, 5.41) is 4.45. The molecule has 0 unspecified atom stereocenters. The fourth-order valence-corrected chi connectivity index (χ4v) is 2.88. The molecule has 4 aromatic rings. The summed E-state index contributed by atoms with van der Waals surface area (Å²) >= 11 is 0. The Kier molecular flexibility index (Phi) is 4.51. The fraction of sp³-hybridized carbons (Fsp3) is 0.0500. The van der Waals surface area contributed by atoms with Crippen molar-refractivity contribution in [1.29, 1.82) is 0 Å². The second-order valence-corrected chi connectivity index (χ2v) is 5.90. The Labute approximate surface area is 160 Å².